The summed E-state index contributed by atoms with van der Waals surface area (Å²) in [4.78, 5) is 14.2. The van der Waals surface area contributed by atoms with Gasteiger partial charge in [-0.3, -0.25) is 4.72 Å². The van der Waals surface area contributed by atoms with Crippen molar-refractivity contribution in [2.24, 2.45) is 0 Å². The Morgan fingerprint density at radius 3 is 2.33 bits per heavy atom. The summed E-state index contributed by atoms with van der Waals surface area (Å²) in [6.07, 6.45) is -3.63. The predicted octanol–water partition coefficient (Wildman–Crippen LogP) is 5.08. The standard InChI is InChI=1S/C19H20ClFN4O2S2.C2HF3O2/c1-25(2)12-17(13-6-4-3-5-7-13)23-16-11-15(21)18(10-14(16)20)29(26,27)24-19-22-8-9-28-19;3-2(4,5)1(6)7/h3-11,17,23H,12H2,1-2H3,(H,22,24);(H,6,7)/t17-;/m0./s1. The average molecular weight is 569 g/mol. The summed E-state index contributed by atoms with van der Waals surface area (Å²) in [6.45, 7) is 0.633. The number of hydrogen-bond donors (Lipinski definition) is 3. The molecule has 3 N–H and O–H groups in total. The van der Waals surface area contributed by atoms with Gasteiger partial charge in [0.05, 0.1) is 16.8 Å². The Balaban J connectivity index is 0.000000572. The molecule has 0 aliphatic carbocycles. The van der Waals surface area contributed by atoms with Crippen molar-refractivity contribution < 1.29 is 35.9 Å². The summed E-state index contributed by atoms with van der Waals surface area (Å²) in [5, 5.41) is 12.2. The Morgan fingerprint density at radius 2 is 1.83 bits per heavy atom. The summed E-state index contributed by atoms with van der Waals surface area (Å²) in [5.74, 6) is -3.66. The molecule has 0 saturated carbocycles. The van der Waals surface area contributed by atoms with Crippen LogP contribution in [0.1, 0.15) is 11.6 Å². The van der Waals surface area contributed by atoms with Gasteiger partial charge in [0.1, 0.15) is 10.7 Å². The third-order valence-corrected chi connectivity index (χ3v) is 6.77. The highest BCUT2D eigenvalue weighted by Crippen LogP contribution is 2.32. The number of carboxylic acids is 1. The molecule has 0 radical (unpaired) electrons. The normalized spacial score (nSPS) is 12.4. The maximum absolute atomic E-state index is 14.7. The highest BCUT2D eigenvalue weighted by Gasteiger charge is 2.38. The van der Waals surface area contributed by atoms with E-state index in [0.717, 1.165) is 29.0 Å². The fourth-order valence-electron chi connectivity index (χ4n) is 2.76. The zero-order valence-electron chi connectivity index (χ0n) is 18.8. The van der Waals surface area contributed by atoms with Crippen LogP contribution in [0.15, 0.2) is 58.9 Å². The second-order valence-electron chi connectivity index (χ2n) is 7.38. The van der Waals surface area contributed by atoms with Crippen LogP contribution in [-0.2, 0) is 14.8 Å². The van der Waals surface area contributed by atoms with Crippen molar-refractivity contribution in [1.82, 2.24) is 9.88 Å². The summed E-state index contributed by atoms with van der Waals surface area (Å²) >= 11 is 7.40. The molecule has 0 saturated heterocycles. The van der Waals surface area contributed by atoms with Crippen LogP contribution in [0.3, 0.4) is 0 Å². The van der Waals surface area contributed by atoms with E-state index >= 15 is 0 Å². The smallest absolute Gasteiger partial charge is 0.475 e. The molecular weight excluding hydrogens is 548 g/mol. The molecule has 0 aliphatic heterocycles. The van der Waals surface area contributed by atoms with Crippen molar-refractivity contribution in [1.29, 1.82) is 0 Å². The molecule has 15 heteroatoms. The van der Waals surface area contributed by atoms with Gasteiger partial charge < -0.3 is 15.3 Å². The summed E-state index contributed by atoms with van der Waals surface area (Å²) in [5.41, 5.74) is 1.31. The zero-order valence-corrected chi connectivity index (χ0v) is 21.1. The van der Waals surface area contributed by atoms with E-state index in [-0.39, 0.29) is 16.2 Å². The van der Waals surface area contributed by atoms with Crippen molar-refractivity contribution in [2.75, 3.05) is 30.7 Å². The molecular formula is C21H21ClF4N4O4S2. The molecule has 0 amide bonds. The Hall–Kier alpha value is -2.94. The van der Waals surface area contributed by atoms with Gasteiger partial charge >= 0.3 is 12.1 Å². The molecule has 36 heavy (non-hydrogen) atoms. The molecule has 1 aromatic heterocycles. The number of rotatable bonds is 8. The topological polar surface area (TPSA) is 112 Å². The molecule has 8 nitrogen and oxygen atoms in total. The maximum atomic E-state index is 14.7. The van der Waals surface area contributed by atoms with Gasteiger partial charge in [-0.15, -0.1) is 11.3 Å². The maximum Gasteiger partial charge on any atom is 0.490 e. The van der Waals surface area contributed by atoms with Gasteiger partial charge in [0.25, 0.3) is 10.0 Å². The fourth-order valence-corrected chi connectivity index (χ4v) is 4.92. The van der Waals surface area contributed by atoms with Crippen LogP contribution < -0.4 is 10.0 Å². The molecule has 0 unspecified atom stereocenters. The number of halogens is 5. The monoisotopic (exact) mass is 568 g/mol. The van der Waals surface area contributed by atoms with E-state index in [4.69, 9.17) is 21.5 Å². The van der Waals surface area contributed by atoms with Gasteiger partial charge in [-0.1, -0.05) is 41.9 Å². The van der Waals surface area contributed by atoms with Crippen LogP contribution >= 0.6 is 22.9 Å². The van der Waals surface area contributed by atoms with Crippen LogP contribution in [-0.4, -0.2) is 56.2 Å². The Bertz CT molecular complexity index is 1260. The Labute approximate surface area is 213 Å². The number of anilines is 2. The van der Waals surface area contributed by atoms with Crippen molar-refractivity contribution in [3.05, 3.63) is 70.4 Å². The van der Waals surface area contributed by atoms with Crippen molar-refractivity contribution >= 4 is 49.7 Å². The quantitative estimate of drug-likeness (QED) is 0.325. The van der Waals surface area contributed by atoms with Gasteiger partial charge in [0.2, 0.25) is 0 Å². The van der Waals surface area contributed by atoms with E-state index in [2.05, 4.69) is 15.0 Å². The number of nitrogens with one attached hydrogen (secondary N) is 2. The number of sulfonamides is 1. The summed E-state index contributed by atoms with van der Waals surface area (Å²) < 4.78 is 73.7. The van der Waals surface area contributed by atoms with Crippen LogP contribution in [0.25, 0.3) is 0 Å². The van der Waals surface area contributed by atoms with Crippen LogP contribution in [0, 0.1) is 5.82 Å². The SMILES string of the molecule is CN(C)C[C@H](Nc1cc(F)c(S(=O)(=O)Nc2nccs2)cc1Cl)c1ccccc1.O=C(O)C(F)(F)F. The summed E-state index contributed by atoms with van der Waals surface area (Å²) in [7, 11) is -0.290. The predicted molar refractivity (Wildman–Crippen MR) is 129 cm³/mol. The first-order chi connectivity index (χ1) is 16.7. The first-order valence-corrected chi connectivity index (χ1v) is 12.6. The van der Waals surface area contributed by atoms with Crippen molar-refractivity contribution in [3.63, 3.8) is 0 Å². The van der Waals surface area contributed by atoms with Crippen LogP contribution in [0.4, 0.5) is 28.4 Å². The average Bonchev–Trinajstić information content (AvgIpc) is 3.27. The molecule has 3 aromatic rings. The highest BCUT2D eigenvalue weighted by molar-refractivity contribution is 7.93. The number of alkyl halides is 3. The van der Waals surface area contributed by atoms with E-state index in [1.54, 1.807) is 5.38 Å². The highest BCUT2D eigenvalue weighted by atomic mass is 35.5. The number of aliphatic carboxylic acids is 1. The number of likely N-dealkylation sites (N-methyl/N-ethyl adjacent to an activating group) is 1. The Kier molecular flexibility index (Phi) is 10.0. The number of carboxylic acid groups (broad SMARTS) is 1. The molecule has 0 bridgehead atoms. The minimum Gasteiger partial charge on any atom is -0.475 e. The van der Waals surface area contributed by atoms with Crippen LogP contribution in [0.2, 0.25) is 5.02 Å². The molecule has 3 rings (SSSR count). The number of carbonyl (C=O) groups is 1. The van der Waals surface area contributed by atoms with E-state index in [1.165, 1.54) is 6.20 Å². The van der Waals surface area contributed by atoms with E-state index < -0.39 is 32.9 Å². The fraction of sp³-hybridized carbons (Fsp3) is 0.238. The van der Waals surface area contributed by atoms with Gasteiger partial charge in [0.15, 0.2) is 5.13 Å². The van der Waals surface area contributed by atoms with Gasteiger partial charge in [-0.2, -0.15) is 13.2 Å². The lowest BCUT2D eigenvalue weighted by molar-refractivity contribution is -0.192. The summed E-state index contributed by atoms with van der Waals surface area (Å²) in [6, 6.07) is 11.7. The molecule has 1 atom stereocenters. The van der Waals surface area contributed by atoms with Gasteiger partial charge in [-0.05, 0) is 31.8 Å². The number of benzene rings is 2. The first-order valence-electron chi connectivity index (χ1n) is 9.88. The number of hydrogen-bond acceptors (Lipinski definition) is 7. The number of aromatic nitrogens is 1. The molecule has 0 aliphatic rings. The third kappa shape index (κ3) is 8.62. The Morgan fingerprint density at radius 1 is 1.22 bits per heavy atom. The van der Waals surface area contributed by atoms with E-state index in [0.29, 0.717) is 12.2 Å². The third-order valence-electron chi connectivity index (χ3n) is 4.29. The van der Waals surface area contributed by atoms with Gasteiger partial charge in [-0.25, -0.2) is 22.6 Å². The molecule has 1 heterocycles. The molecule has 0 fully saturated rings. The lowest BCUT2D eigenvalue weighted by atomic mass is 10.1. The molecule has 2 aromatic carbocycles. The number of thiazole rings is 1. The van der Waals surface area contributed by atoms with E-state index in [9.17, 15) is 26.0 Å². The van der Waals surface area contributed by atoms with E-state index in [1.807, 2.05) is 49.3 Å². The largest absolute Gasteiger partial charge is 0.490 e. The second-order valence-corrected chi connectivity index (χ2v) is 10.3. The van der Waals surface area contributed by atoms with Crippen molar-refractivity contribution in [2.45, 2.75) is 17.1 Å². The number of nitrogens with zero attached hydrogens (tertiary/aromatic N) is 2. The van der Waals surface area contributed by atoms with Gasteiger partial charge in [0, 0.05) is 18.1 Å². The lowest BCUT2D eigenvalue weighted by Gasteiger charge is -2.24. The second kappa shape index (κ2) is 12.3. The van der Waals surface area contributed by atoms with Crippen LogP contribution in [0.5, 0.6) is 0 Å². The minimum absolute atomic E-state index is 0.102. The molecule has 0 spiro atoms. The lowest BCUT2D eigenvalue weighted by Crippen LogP contribution is -2.26. The molecule has 196 valence electrons. The first kappa shape index (κ1) is 29.3. The minimum atomic E-state index is -5.08. The zero-order chi connectivity index (χ0) is 27.1. The van der Waals surface area contributed by atoms with Crippen molar-refractivity contribution in [3.8, 4) is 0 Å².